The summed E-state index contributed by atoms with van der Waals surface area (Å²) < 4.78 is 11.3. The lowest BCUT2D eigenvalue weighted by Gasteiger charge is -2.28. The van der Waals surface area contributed by atoms with Crippen molar-refractivity contribution in [1.82, 2.24) is 20.2 Å². The number of nitrogens with one attached hydrogen (secondary N) is 1. The van der Waals surface area contributed by atoms with Crippen molar-refractivity contribution in [3.8, 4) is 0 Å². The van der Waals surface area contributed by atoms with Crippen LogP contribution in [-0.4, -0.2) is 66.7 Å². The first-order chi connectivity index (χ1) is 16.1. The molecule has 3 aromatic rings. The van der Waals surface area contributed by atoms with Crippen molar-refractivity contribution in [3.05, 3.63) is 53.0 Å². The fraction of sp³-hybridized carbons (Fsp3) is 0.480. The molecule has 5 rings (SSSR count). The number of carbonyl (C=O) groups excluding carboxylic acids is 1. The first-order valence-electron chi connectivity index (χ1n) is 11.7. The maximum Gasteiger partial charge on any atom is 0.255 e. The van der Waals surface area contributed by atoms with Crippen LogP contribution in [-0.2, 0) is 11.3 Å². The van der Waals surface area contributed by atoms with Crippen LogP contribution in [0.15, 0.2) is 35.0 Å². The monoisotopic (exact) mass is 449 g/mol. The van der Waals surface area contributed by atoms with Gasteiger partial charge in [-0.1, -0.05) is 29.8 Å². The van der Waals surface area contributed by atoms with Crippen LogP contribution in [0.4, 0.5) is 5.82 Å². The van der Waals surface area contributed by atoms with Crippen molar-refractivity contribution >= 4 is 22.8 Å². The number of rotatable bonds is 6. The molecule has 1 atom stereocenters. The van der Waals surface area contributed by atoms with Gasteiger partial charge in [0, 0.05) is 32.7 Å². The normalized spacial score (nSPS) is 19.3. The van der Waals surface area contributed by atoms with E-state index in [1.54, 1.807) is 0 Å². The molecule has 8 heteroatoms. The molecule has 8 nitrogen and oxygen atoms in total. The van der Waals surface area contributed by atoms with Gasteiger partial charge in [0.15, 0.2) is 0 Å². The molecule has 2 aromatic heterocycles. The molecule has 2 fully saturated rings. The summed E-state index contributed by atoms with van der Waals surface area (Å²) in [7, 11) is 0. The number of furan rings is 1. The van der Waals surface area contributed by atoms with E-state index >= 15 is 0 Å². The largest absolute Gasteiger partial charge is 0.442 e. The Kier molecular flexibility index (Phi) is 6.28. The molecule has 2 aliphatic heterocycles. The van der Waals surface area contributed by atoms with E-state index in [1.165, 1.54) is 17.5 Å². The number of carbonyl (C=O) groups is 1. The van der Waals surface area contributed by atoms with Gasteiger partial charge < -0.3 is 19.4 Å². The fourth-order valence-corrected chi connectivity index (χ4v) is 4.82. The van der Waals surface area contributed by atoms with E-state index in [-0.39, 0.29) is 5.91 Å². The number of hydrogen-bond acceptors (Lipinski definition) is 7. The Morgan fingerprint density at radius 2 is 1.91 bits per heavy atom. The standard InChI is InChI=1S/C25H31N5O3/c1-17-3-5-19(6-4-17)14-29-8-7-20(15-29)13-26-24(31)21-18(2)33-25-22(21)23(27-16-28-25)30-9-11-32-12-10-30/h3-6,16,20H,7-15H2,1-2H3,(H,26,31)/t20-/m1/s1. The number of amides is 1. The number of benzene rings is 1. The highest BCUT2D eigenvalue weighted by Crippen LogP contribution is 2.31. The van der Waals surface area contributed by atoms with E-state index in [9.17, 15) is 4.79 Å². The smallest absolute Gasteiger partial charge is 0.255 e. The highest BCUT2D eigenvalue weighted by atomic mass is 16.5. The lowest BCUT2D eigenvalue weighted by Crippen LogP contribution is -2.37. The molecule has 0 unspecified atom stereocenters. The molecule has 0 spiro atoms. The third kappa shape index (κ3) is 4.72. The minimum absolute atomic E-state index is 0.118. The first-order valence-corrected chi connectivity index (χ1v) is 11.7. The highest BCUT2D eigenvalue weighted by molar-refractivity contribution is 6.10. The van der Waals surface area contributed by atoms with Crippen molar-refractivity contribution in [2.24, 2.45) is 5.92 Å². The summed E-state index contributed by atoms with van der Waals surface area (Å²) >= 11 is 0. The summed E-state index contributed by atoms with van der Waals surface area (Å²) in [6.07, 6.45) is 2.58. The van der Waals surface area contributed by atoms with Crippen LogP contribution in [0.5, 0.6) is 0 Å². The van der Waals surface area contributed by atoms with Crippen LogP contribution in [0.1, 0.15) is 33.7 Å². The topological polar surface area (TPSA) is 83.7 Å². The number of likely N-dealkylation sites (tertiary alicyclic amines) is 1. The number of hydrogen-bond donors (Lipinski definition) is 1. The lowest BCUT2D eigenvalue weighted by atomic mass is 10.1. The Morgan fingerprint density at radius 1 is 1.12 bits per heavy atom. The van der Waals surface area contributed by atoms with Crippen molar-refractivity contribution < 1.29 is 13.9 Å². The van der Waals surface area contributed by atoms with Crippen LogP contribution in [0, 0.1) is 19.8 Å². The number of aromatic nitrogens is 2. The van der Waals surface area contributed by atoms with E-state index in [2.05, 4.69) is 56.3 Å². The number of morpholine rings is 1. The zero-order valence-electron chi connectivity index (χ0n) is 19.3. The highest BCUT2D eigenvalue weighted by Gasteiger charge is 2.28. The van der Waals surface area contributed by atoms with Crippen molar-refractivity contribution in [1.29, 1.82) is 0 Å². The molecule has 1 N–H and O–H groups in total. The molecule has 0 aliphatic carbocycles. The van der Waals surface area contributed by atoms with Crippen LogP contribution < -0.4 is 10.2 Å². The van der Waals surface area contributed by atoms with Crippen LogP contribution in [0.25, 0.3) is 11.1 Å². The van der Waals surface area contributed by atoms with Gasteiger partial charge in [-0.25, -0.2) is 9.97 Å². The minimum atomic E-state index is -0.118. The molecule has 0 saturated carbocycles. The molecule has 0 radical (unpaired) electrons. The van der Waals surface area contributed by atoms with Crippen LogP contribution in [0.3, 0.4) is 0 Å². The molecular weight excluding hydrogens is 418 g/mol. The Morgan fingerprint density at radius 3 is 2.70 bits per heavy atom. The molecule has 1 amide bonds. The van der Waals surface area contributed by atoms with Gasteiger partial charge in [0.2, 0.25) is 5.71 Å². The minimum Gasteiger partial charge on any atom is -0.442 e. The third-order valence-corrected chi connectivity index (χ3v) is 6.63. The maximum absolute atomic E-state index is 13.3. The first kappa shape index (κ1) is 21.9. The maximum atomic E-state index is 13.3. The number of fused-ring (bicyclic) bond motifs is 1. The van der Waals surface area contributed by atoms with Crippen molar-refractivity contribution in [2.75, 3.05) is 50.8 Å². The molecule has 1 aromatic carbocycles. The molecular formula is C25H31N5O3. The van der Waals surface area contributed by atoms with Gasteiger partial charge in [-0.2, -0.15) is 0 Å². The number of aryl methyl sites for hydroxylation is 2. The summed E-state index contributed by atoms with van der Waals surface area (Å²) in [5.74, 6) is 1.64. The quantitative estimate of drug-likeness (QED) is 0.619. The summed E-state index contributed by atoms with van der Waals surface area (Å²) in [6.45, 7) is 10.3. The van der Waals surface area contributed by atoms with Gasteiger partial charge in [-0.3, -0.25) is 9.69 Å². The van der Waals surface area contributed by atoms with Gasteiger partial charge in [-0.15, -0.1) is 0 Å². The van der Waals surface area contributed by atoms with E-state index in [0.29, 0.717) is 48.1 Å². The Labute approximate surface area is 193 Å². The second-order valence-electron chi connectivity index (χ2n) is 9.10. The van der Waals surface area contributed by atoms with Crippen LogP contribution >= 0.6 is 0 Å². The Balaban J connectivity index is 1.25. The average Bonchev–Trinajstić information content (AvgIpc) is 3.42. The SMILES string of the molecule is Cc1ccc(CN2CC[C@H](CNC(=O)c3c(C)oc4ncnc(N5CCOCC5)c34)C2)cc1. The number of nitrogens with zero attached hydrogens (tertiary/aromatic N) is 4. The van der Waals surface area contributed by atoms with E-state index in [4.69, 9.17) is 9.15 Å². The molecule has 4 heterocycles. The second-order valence-corrected chi connectivity index (χ2v) is 9.10. The predicted octanol–water partition coefficient (Wildman–Crippen LogP) is 2.93. The van der Waals surface area contributed by atoms with Gasteiger partial charge in [0.25, 0.3) is 5.91 Å². The summed E-state index contributed by atoms with van der Waals surface area (Å²) in [6, 6.07) is 8.72. The fourth-order valence-electron chi connectivity index (χ4n) is 4.82. The van der Waals surface area contributed by atoms with Crippen LogP contribution in [0.2, 0.25) is 0 Å². The molecule has 0 bridgehead atoms. The number of ether oxygens (including phenoxy) is 1. The third-order valence-electron chi connectivity index (χ3n) is 6.63. The van der Waals surface area contributed by atoms with Gasteiger partial charge >= 0.3 is 0 Å². The zero-order valence-corrected chi connectivity index (χ0v) is 19.3. The molecule has 33 heavy (non-hydrogen) atoms. The van der Waals surface area contributed by atoms with Crippen molar-refractivity contribution in [2.45, 2.75) is 26.8 Å². The predicted molar refractivity (Wildman–Crippen MR) is 126 cm³/mol. The van der Waals surface area contributed by atoms with E-state index in [1.807, 2.05) is 6.92 Å². The Bertz CT molecular complexity index is 1120. The summed E-state index contributed by atoms with van der Waals surface area (Å²) in [4.78, 5) is 26.6. The van der Waals surface area contributed by atoms with Gasteiger partial charge in [0.05, 0.1) is 24.2 Å². The summed E-state index contributed by atoms with van der Waals surface area (Å²) in [5.41, 5.74) is 3.62. The average molecular weight is 450 g/mol. The zero-order chi connectivity index (χ0) is 22.8. The second kappa shape index (κ2) is 9.49. The van der Waals surface area contributed by atoms with Gasteiger partial charge in [-0.05, 0) is 38.3 Å². The number of anilines is 1. The molecule has 2 aliphatic rings. The molecule has 2 saturated heterocycles. The van der Waals surface area contributed by atoms with Gasteiger partial charge in [0.1, 0.15) is 17.9 Å². The Hall–Kier alpha value is -2.97. The molecule has 174 valence electrons. The lowest BCUT2D eigenvalue weighted by molar-refractivity contribution is 0.0947. The summed E-state index contributed by atoms with van der Waals surface area (Å²) in [5, 5.41) is 3.85. The van der Waals surface area contributed by atoms with E-state index in [0.717, 1.165) is 45.0 Å². The van der Waals surface area contributed by atoms with Crippen molar-refractivity contribution in [3.63, 3.8) is 0 Å². The van der Waals surface area contributed by atoms with E-state index < -0.39 is 0 Å².